The van der Waals surface area contributed by atoms with E-state index < -0.39 is 0 Å². The SMILES string of the molecule is CNCc1ccc(C(=N)OC(=N)c2nc(-c3ccc(C(=O)N(C)C)cc3)cnc2N)cc1. The fourth-order valence-electron chi connectivity index (χ4n) is 2.93. The average molecular weight is 432 g/mol. The van der Waals surface area contributed by atoms with E-state index in [9.17, 15) is 4.79 Å². The van der Waals surface area contributed by atoms with Gasteiger partial charge in [0.1, 0.15) is 0 Å². The van der Waals surface area contributed by atoms with Crippen LogP contribution in [0.3, 0.4) is 0 Å². The van der Waals surface area contributed by atoms with Gasteiger partial charge < -0.3 is 20.7 Å². The van der Waals surface area contributed by atoms with Crippen LogP contribution in [0, 0.1) is 10.8 Å². The van der Waals surface area contributed by atoms with Gasteiger partial charge in [0, 0.05) is 37.3 Å². The Morgan fingerprint density at radius 1 is 1.03 bits per heavy atom. The molecule has 32 heavy (non-hydrogen) atoms. The first-order valence-corrected chi connectivity index (χ1v) is 9.84. The average Bonchev–Trinajstić information content (AvgIpc) is 2.79. The molecular weight excluding hydrogens is 406 g/mol. The maximum Gasteiger partial charge on any atom is 0.253 e. The molecule has 164 valence electrons. The molecule has 1 heterocycles. The van der Waals surface area contributed by atoms with Crippen LogP contribution in [0.5, 0.6) is 0 Å². The van der Waals surface area contributed by atoms with Gasteiger partial charge in [0.25, 0.3) is 5.91 Å². The lowest BCUT2D eigenvalue weighted by atomic mass is 10.1. The van der Waals surface area contributed by atoms with Gasteiger partial charge in [-0.2, -0.15) is 0 Å². The Labute approximate surface area is 186 Å². The zero-order valence-electron chi connectivity index (χ0n) is 18.1. The predicted octanol–water partition coefficient (Wildman–Crippen LogP) is 2.51. The van der Waals surface area contributed by atoms with Crippen molar-refractivity contribution in [2.75, 3.05) is 26.9 Å². The summed E-state index contributed by atoms with van der Waals surface area (Å²) < 4.78 is 5.39. The molecule has 3 aromatic rings. The molecule has 0 aliphatic carbocycles. The van der Waals surface area contributed by atoms with Crippen LogP contribution in [-0.4, -0.2) is 53.7 Å². The first kappa shape index (κ1) is 22.6. The van der Waals surface area contributed by atoms with Gasteiger partial charge in [0.15, 0.2) is 11.5 Å². The largest absolute Gasteiger partial charge is 0.419 e. The molecule has 3 rings (SSSR count). The van der Waals surface area contributed by atoms with Gasteiger partial charge in [-0.1, -0.05) is 24.3 Å². The number of aromatic nitrogens is 2. The van der Waals surface area contributed by atoms with Gasteiger partial charge in [-0.3, -0.25) is 15.6 Å². The number of anilines is 1. The smallest absolute Gasteiger partial charge is 0.253 e. The van der Waals surface area contributed by atoms with E-state index in [1.54, 1.807) is 50.5 Å². The molecule has 5 N–H and O–H groups in total. The minimum atomic E-state index is -0.374. The second-order valence-corrected chi connectivity index (χ2v) is 7.25. The summed E-state index contributed by atoms with van der Waals surface area (Å²) in [4.78, 5) is 22.1. The van der Waals surface area contributed by atoms with E-state index in [1.165, 1.54) is 11.1 Å². The highest BCUT2D eigenvalue weighted by Gasteiger charge is 2.16. The van der Waals surface area contributed by atoms with Crippen molar-refractivity contribution >= 4 is 23.5 Å². The number of nitrogens with zero attached hydrogens (tertiary/aromatic N) is 3. The lowest BCUT2D eigenvalue weighted by Gasteiger charge is -2.12. The van der Waals surface area contributed by atoms with Gasteiger partial charge in [-0.05, 0) is 36.9 Å². The van der Waals surface area contributed by atoms with E-state index in [-0.39, 0.29) is 29.2 Å². The number of amides is 1. The molecule has 0 unspecified atom stereocenters. The number of carbonyl (C=O) groups excluding carboxylic acids is 1. The molecule has 9 nitrogen and oxygen atoms in total. The molecule has 2 aromatic carbocycles. The van der Waals surface area contributed by atoms with E-state index in [4.69, 9.17) is 21.3 Å². The van der Waals surface area contributed by atoms with Crippen molar-refractivity contribution in [3.05, 3.63) is 77.1 Å². The monoisotopic (exact) mass is 431 g/mol. The van der Waals surface area contributed by atoms with Crippen molar-refractivity contribution in [3.8, 4) is 11.3 Å². The fourth-order valence-corrected chi connectivity index (χ4v) is 2.93. The topological polar surface area (TPSA) is 141 Å². The molecule has 0 spiro atoms. The number of nitrogens with two attached hydrogens (primary N) is 1. The van der Waals surface area contributed by atoms with Crippen LogP contribution >= 0.6 is 0 Å². The standard InChI is InChI=1S/C23H25N7O2/c1-27-12-14-4-6-16(7-5-14)21(25)32-22(26)19-20(24)28-13-18(29-19)15-8-10-17(11-9-15)23(31)30(2)3/h4-11,13,25-27H,12H2,1-3H3,(H2,24,28). The highest BCUT2D eigenvalue weighted by molar-refractivity contribution is 6.05. The van der Waals surface area contributed by atoms with Gasteiger partial charge in [0.05, 0.1) is 11.9 Å². The van der Waals surface area contributed by atoms with Crippen LogP contribution in [0.25, 0.3) is 11.3 Å². The van der Waals surface area contributed by atoms with E-state index in [0.717, 1.165) is 5.56 Å². The van der Waals surface area contributed by atoms with Crippen molar-refractivity contribution in [2.45, 2.75) is 6.54 Å². The molecule has 0 atom stereocenters. The molecule has 1 amide bonds. The van der Waals surface area contributed by atoms with E-state index in [0.29, 0.717) is 28.9 Å². The Hall–Kier alpha value is -4.11. The van der Waals surface area contributed by atoms with Crippen LogP contribution in [0.15, 0.2) is 54.7 Å². The summed E-state index contributed by atoms with van der Waals surface area (Å²) in [6, 6.07) is 14.2. The third kappa shape index (κ3) is 5.13. The van der Waals surface area contributed by atoms with Crippen LogP contribution < -0.4 is 11.1 Å². The summed E-state index contributed by atoms with van der Waals surface area (Å²) in [5.74, 6) is -0.645. The van der Waals surface area contributed by atoms with Crippen molar-refractivity contribution < 1.29 is 9.53 Å². The minimum absolute atomic E-state index is 0.0234. The van der Waals surface area contributed by atoms with Crippen LogP contribution in [0.4, 0.5) is 5.82 Å². The Morgan fingerprint density at radius 2 is 1.66 bits per heavy atom. The van der Waals surface area contributed by atoms with Crippen LogP contribution in [-0.2, 0) is 11.3 Å². The molecule has 0 saturated carbocycles. The third-order valence-corrected chi connectivity index (χ3v) is 4.65. The Balaban J connectivity index is 1.78. The van der Waals surface area contributed by atoms with Crippen molar-refractivity contribution in [2.24, 2.45) is 0 Å². The lowest BCUT2D eigenvalue weighted by molar-refractivity contribution is 0.0827. The molecule has 0 saturated heterocycles. The van der Waals surface area contributed by atoms with Gasteiger partial charge in [0.2, 0.25) is 11.8 Å². The molecule has 0 aliphatic rings. The Morgan fingerprint density at radius 3 is 2.25 bits per heavy atom. The Kier molecular flexibility index (Phi) is 6.91. The fraction of sp³-hybridized carbons (Fsp3) is 0.174. The number of nitrogens with one attached hydrogen (secondary N) is 3. The molecule has 0 fully saturated rings. The van der Waals surface area contributed by atoms with Crippen LogP contribution in [0.2, 0.25) is 0 Å². The molecule has 9 heteroatoms. The summed E-state index contributed by atoms with van der Waals surface area (Å²) >= 11 is 0. The normalized spacial score (nSPS) is 10.5. The number of carbonyl (C=O) groups is 1. The highest BCUT2D eigenvalue weighted by atomic mass is 16.5. The highest BCUT2D eigenvalue weighted by Crippen LogP contribution is 2.20. The van der Waals surface area contributed by atoms with Crippen molar-refractivity contribution in [1.82, 2.24) is 20.2 Å². The summed E-state index contributed by atoms with van der Waals surface area (Å²) in [5, 5.41) is 19.5. The minimum Gasteiger partial charge on any atom is -0.419 e. The lowest BCUT2D eigenvalue weighted by Crippen LogP contribution is -2.21. The molecule has 0 radical (unpaired) electrons. The summed E-state index contributed by atoms with van der Waals surface area (Å²) in [5.41, 5.74) is 9.26. The van der Waals surface area contributed by atoms with E-state index in [2.05, 4.69) is 15.3 Å². The summed E-state index contributed by atoms with van der Waals surface area (Å²) in [6.07, 6.45) is 1.49. The summed E-state index contributed by atoms with van der Waals surface area (Å²) in [7, 11) is 5.24. The predicted molar refractivity (Wildman–Crippen MR) is 124 cm³/mol. The maximum atomic E-state index is 12.1. The second-order valence-electron chi connectivity index (χ2n) is 7.25. The van der Waals surface area contributed by atoms with Gasteiger partial charge in [-0.25, -0.2) is 9.97 Å². The number of hydrogen-bond donors (Lipinski definition) is 4. The number of ether oxygens (including phenoxy) is 1. The summed E-state index contributed by atoms with van der Waals surface area (Å²) in [6.45, 7) is 0.716. The van der Waals surface area contributed by atoms with Crippen molar-refractivity contribution in [1.29, 1.82) is 10.8 Å². The van der Waals surface area contributed by atoms with E-state index >= 15 is 0 Å². The first-order valence-electron chi connectivity index (χ1n) is 9.84. The van der Waals surface area contributed by atoms with Crippen molar-refractivity contribution in [3.63, 3.8) is 0 Å². The number of rotatable bonds is 6. The van der Waals surface area contributed by atoms with Gasteiger partial charge >= 0.3 is 0 Å². The zero-order valence-corrected chi connectivity index (χ0v) is 18.1. The molecule has 0 aliphatic heterocycles. The quantitative estimate of drug-likeness (QED) is 0.349. The third-order valence-electron chi connectivity index (χ3n) is 4.65. The second kappa shape index (κ2) is 9.80. The molecule has 1 aromatic heterocycles. The zero-order chi connectivity index (χ0) is 23.3. The molecular formula is C23H25N7O2. The first-order chi connectivity index (χ1) is 15.3. The van der Waals surface area contributed by atoms with Crippen LogP contribution in [0.1, 0.15) is 27.2 Å². The Bertz CT molecular complexity index is 1140. The number of hydrogen-bond acceptors (Lipinski definition) is 8. The van der Waals surface area contributed by atoms with E-state index in [1.807, 2.05) is 19.2 Å². The van der Waals surface area contributed by atoms with Gasteiger partial charge in [-0.15, -0.1) is 0 Å². The molecule has 0 bridgehead atoms. The maximum absolute atomic E-state index is 12.1. The number of benzene rings is 2. The number of nitrogen functional groups attached to an aromatic ring is 1.